The van der Waals surface area contributed by atoms with Gasteiger partial charge in [0.25, 0.3) is 0 Å². The highest BCUT2D eigenvalue weighted by Gasteiger charge is 2.42. The molecule has 0 saturated heterocycles. The maximum atomic E-state index is 6.00. The molecular weight excluding hydrogens is 220 g/mol. The van der Waals surface area contributed by atoms with E-state index in [1.807, 2.05) is 24.4 Å². The molecule has 1 aliphatic heterocycles. The molecule has 2 heteroatoms. The van der Waals surface area contributed by atoms with E-state index in [1.165, 1.54) is 5.57 Å². The Labute approximate surface area is 110 Å². The smallest absolute Gasteiger partial charge is 0.0860 e. The number of nitrogens with two attached hydrogens (primary N) is 1. The SMILES string of the molecule is C\C1=C/C(N)=C\C=C\C(C)(C)C2C=CC=NC12C. The second-order valence-corrected chi connectivity index (χ2v) is 5.96. The molecule has 1 aliphatic carbocycles. The molecular formula is C16H22N2. The minimum atomic E-state index is -0.217. The summed E-state index contributed by atoms with van der Waals surface area (Å²) in [5.74, 6) is 0.335. The van der Waals surface area contributed by atoms with Gasteiger partial charge in [0.05, 0.1) is 5.54 Å². The number of hydrogen-bond acceptors (Lipinski definition) is 2. The minimum Gasteiger partial charge on any atom is -0.399 e. The Morgan fingerprint density at radius 3 is 2.67 bits per heavy atom. The lowest BCUT2D eigenvalue weighted by atomic mass is 9.65. The Bertz CT molecular complexity index is 489. The molecule has 2 unspecified atom stereocenters. The molecule has 0 amide bonds. The topological polar surface area (TPSA) is 38.4 Å². The first-order valence-corrected chi connectivity index (χ1v) is 6.42. The van der Waals surface area contributed by atoms with Gasteiger partial charge in [0.2, 0.25) is 0 Å². The Morgan fingerprint density at radius 2 is 1.94 bits per heavy atom. The fourth-order valence-corrected chi connectivity index (χ4v) is 2.90. The van der Waals surface area contributed by atoms with E-state index in [1.54, 1.807) is 0 Å². The molecule has 0 spiro atoms. The van der Waals surface area contributed by atoms with Gasteiger partial charge in [-0.2, -0.15) is 0 Å². The molecule has 18 heavy (non-hydrogen) atoms. The van der Waals surface area contributed by atoms with Crippen molar-refractivity contribution in [2.75, 3.05) is 0 Å². The van der Waals surface area contributed by atoms with Crippen LogP contribution in [0.4, 0.5) is 0 Å². The highest BCUT2D eigenvalue weighted by molar-refractivity contribution is 5.73. The molecule has 2 atom stereocenters. The lowest BCUT2D eigenvalue weighted by Crippen LogP contribution is -2.42. The van der Waals surface area contributed by atoms with Crippen LogP contribution in [0.25, 0.3) is 0 Å². The van der Waals surface area contributed by atoms with E-state index in [0.29, 0.717) is 5.92 Å². The third kappa shape index (κ3) is 2.07. The second-order valence-electron chi connectivity index (χ2n) is 5.96. The Morgan fingerprint density at radius 1 is 1.22 bits per heavy atom. The summed E-state index contributed by atoms with van der Waals surface area (Å²) in [5.41, 5.74) is 7.81. The third-order valence-corrected chi connectivity index (χ3v) is 4.14. The molecule has 0 aromatic rings. The number of dihydropyridines is 1. The van der Waals surface area contributed by atoms with Crippen molar-refractivity contribution in [2.24, 2.45) is 22.1 Å². The molecule has 0 aromatic heterocycles. The van der Waals surface area contributed by atoms with Gasteiger partial charge in [-0.15, -0.1) is 0 Å². The third-order valence-electron chi connectivity index (χ3n) is 4.14. The zero-order chi connectivity index (χ0) is 13.4. The number of hydrogen-bond donors (Lipinski definition) is 1. The molecule has 0 saturated carbocycles. The van der Waals surface area contributed by atoms with Crippen molar-refractivity contribution in [3.05, 3.63) is 47.7 Å². The average Bonchev–Trinajstić information content (AvgIpc) is 2.30. The lowest BCUT2D eigenvalue weighted by Gasteiger charge is -2.43. The van der Waals surface area contributed by atoms with E-state index >= 15 is 0 Å². The molecule has 0 radical (unpaired) electrons. The largest absolute Gasteiger partial charge is 0.399 e. The van der Waals surface area contributed by atoms with E-state index in [2.05, 4.69) is 45.9 Å². The predicted molar refractivity (Wildman–Crippen MR) is 78.5 cm³/mol. The van der Waals surface area contributed by atoms with Crippen LogP contribution in [-0.4, -0.2) is 11.8 Å². The number of fused-ring (bicyclic) bond motifs is 1. The molecule has 0 aromatic carbocycles. The Balaban J connectivity index is 2.62. The summed E-state index contributed by atoms with van der Waals surface area (Å²) in [6.07, 6.45) is 14.5. The van der Waals surface area contributed by atoms with Crippen LogP contribution in [0.1, 0.15) is 27.7 Å². The summed E-state index contributed by atoms with van der Waals surface area (Å²) in [5, 5.41) is 0. The molecule has 96 valence electrons. The van der Waals surface area contributed by atoms with Crippen molar-refractivity contribution >= 4 is 6.21 Å². The van der Waals surface area contributed by atoms with Crippen LogP contribution in [0.2, 0.25) is 0 Å². The first-order chi connectivity index (χ1) is 8.36. The predicted octanol–water partition coefficient (Wildman–Crippen LogP) is 3.39. The van der Waals surface area contributed by atoms with Crippen LogP contribution in [0.15, 0.2) is 52.7 Å². The highest BCUT2D eigenvalue weighted by Crippen LogP contribution is 2.45. The van der Waals surface area contributed by atoms with Crippen LogP contribution in [0, 0.1) is 11.3 Å². The number of nitrogens with zero attached hydrogens (tertiary/aromatic N) is 1. The van der Waals surface area contributed by atoms with E-state index in [4.69, 9.17) is 10.7 Å². The molecule has 2 N–H and O–H groups in total. The zero-order valence-electron chi connectivity index (χ0n) is 11.6. The molecule has 2 nitrogen and oxygen atoms in total. The van der Waals surface area contributed by atoms with Crippen LogP contribution in [0.3, 0.4) is 0 Å². The van der Waals surface area contributed by atoms with E-state index in [9.17, 15) is 0 Å². The summed E-state index contributed by atoms with van der Waals surface area (Å²) >= 11 is 0. The monoisotopic (exact) mass is 242 g/mol. The average molecular weight is 242 g/mol. The van der Waals surface area contributed by atoms with Gasteiger partial charge in [-0.25, -0.2) is 0 Å². The normalized spacial score (nSPS) is 41.4. The van der Waals surface area contributed by atoms with Gasteiger partial charge in [0.15, 0.2) is 0 Å². The fourth-order valence-electron chi connectivity index (χ4n) is 2.90. The van der Waals surface area contributed by atoms with Crippen molar-refractivity contribution in [1.82, 2.24) is 0 Å². The summed E-state index contributed by atoms with van der Waals surface area (Å²) in [7, 11) is 0. The molecule has 2 aliphatic rings. The molecule has 0 fully saturated rings. The van der Waals surface area contributed by atoms with Crippen LogP contribution < -0.4 is 5.73 Å². The number of aliphatic imine (C=N–C) groups is 1. The highest BCUT2D eigenvalue weighted by atomic mass is 14.9. The van der Waals surface area contributed by atoms with Gasteiger partial charge < -0.3 is 5.73 Å². The van der Waals surface area contributed by atoms with E-state index < -0.39 is 0 Å². The maximum absolute atomic E-state index is 6.00. The van der Waals surface area contributed by atoms with Crippen LogP contribution in [-0.2, 0) is 0 Å². The first-order valence-electron chi connectivity index (χ1n) is 6.42. The molecule has 0 bridgehead atoms. The van der Waals surface area contributed by atoms with Gasteiger partial charge in [-0.3, -0.25) is 4.99 Å². The Kier molecular flexibility index (Phi) is 3.05. The summed E-state index contributed by atoms with van der Waals surface area (Å²) < 4.78 is 0. The first kappa shape index (κ1) is 12.9. The maximum Gasteiger partial charge on any atom is 0.0860 e. The fraction of sp³-hybridized carbons (Fsp3) is 0.438. The standard InChI is InChI=1S/C16H22N2/c1-12-11-13(17)7-5-9-15(2,3)14-8-6-10-18-16(12,14)4/h5-11,14H,17H2,1-4H3/b9-5+,12-11+,13-7+. The van der Waals surface area contributed by atoms with Crippen molar-refractivity contribution < 1.29 is 0 Å². The van der Waals surface area contributed by atoms with Crippen molar-refractivity contribution in [3.63, 3.8) is 0 Å². The van der Waals surface area contributed by atoms with Crippen molar-refractivity contribution in [1.29, 1.82) is 0 Å². The molecule has 2 rings (SSSR count). The Hall–Kier alpha value is -1.57. The number of rotatable bonds is 0. The van der Waals surface area contributed by atoms with E-state index in [0.717, 1.165) is 5.70 Å². The quantitative estimate of drug-likeness (QED) is 0.694. The van der Waals surface area contributed by atoms with Gasteiger partial charge >= 0.3 is 0 Å². The van der Waals surface area contributed by atoms with Gasteiger partial charge in [0, 0.05) is 17.8 Å². The van der Waals surface area contributed by atoms with Gasteiger partial charge in [-0.05, 0) is 43.1 Å². The summed E-state index contributed by atoms with van der Waals surface area (Å²) in [4.78, 5) is 4.74. The van der Waals surface area contributed by atoms with Crippen molar-refractivity contribution in [2.45, 2.75) is 33.2 Å². The molecule has 1 heterocycles. The minimum absolute atomic E-state index is 0.0409. The van der Waals surface area contributed by atoms with E-state index in [-0.39, 0.29) is 11.0 Å². The second kappa shape index (κ2) is 4.27. The van der Waals surface area contributed by atoms with Gasteiger partial charge in [0.1, 0.15) is 0 Å². The van der Waals surface area contributed by atoms with Gasteiger partial charge in [-0.1, -0.05) is 32.1 Å². The number of allylic oxidation sites excluding steroid dienone is 5. The zero-order valence-corrected chi connectivity index (χ0v) is 11.6. The van der Waals surface area contributed by atoms with Crippen molar-refractivity contribution in [3.8, 4) is 0 Å². The summed E-state index contributed by atoms with van der Waals surface area (Å²) in [6, 6.07) is 0. The van der Waals surface area contributed by atoms with Crippen LogP contribution in [0.5, 0.6) is 0 Å². The lowest BCUT2D eigenvalue weighted by molar-refractivity contribution is 0.244. The van der Waals surface area contributed by atoms with Crippen LogP contribution >= 0.6 is 0 Å². The summed E-state index contributed by atoms with van der Waals surface area (Å²) in [6.45, 7) is 8.81.